The largest absolute Gasteiger partial charge is 0.355 e. The Labute approximate surface area is 75.2 Å². The molecule has 0 aromatic heterocycles. The highest BCUT2D eigenvalue weighted by molar-refractivity contribution is 4.93. The van der Waals surface area contributed by atoms with E-state index in [-0.39, 0.29) is 11.0 Å². The fraction of sp³-hybridized carbons (Fsp3) is 1.00. The van der Waals surface area contributed by atoms with Crippen molar-refractivity contribution in [3.05, 3.63) is 0 Å². The van der Waals surface area contributed by atoms with Gasteiger partial charge < -0.3 is 9.47 Å². The number of hydrogen-bond donors (Lipinski definition) is 0. The Kier molecular flexibility index (Phi) is 2.50. The molecule has 2 nitrogen and oxygen atoms in total. The molecule has 0 aromatic rings. The van der Waals surface area contributed by atoms with Gasteiger partial charge in [-0.05, 0) is 12.3 Å². The minimum Gasteiger partial charge on any atom is -0.355 e. The predicted molar refractivity (Wildman–Crippen MR) is 48.9 cm³/mol. The molecule has 2 atom stereocenters. The highest BCUT2D eigenvalue weighted by Crippen LogP contribution is 2.41. The van der Waals surface area contributed by atoms with Crippen molar-refractivity contribution < 1.29 is 9.47 Å². The zero-order valence-corrected chi connectivity index (χ0v) is 8.81. The van der Waals surface area contributed by atoms with Crippen molar-refractivity contribution >= 4 is 0 Å². The van der Waals surface area contributed by atoms with Gasteiger partial charge in [0.1, 0.15) is 6.79 Å². The molecule has 0 amide bonds. The maximum absolute atomic E-state index is 5.72. The van der Waals surface area contributed by atoms with Gasteiger partial charge in [-0.3, -0.25) is 0 Å². The summed E-state index contributed by atoms with van der Waals surface area (Å²) in [6, 6.07) is 0. The molecule has 0 bridgehead atoms. The summed E-state index contributed by atoms with van der Waals surface area (Å²) < 4.78 is 11.0. The second-order valence-corrected chi connectivity index (χ2v) is 4.89. The summed E-state index contributed by atoms with van der Waals surface area (Å²) in [4.78, 5) is 0. The molecule has 1 aliphatic heterocycles. The number of ether oxygens (including phenoxy) is 2. The summed E-state index contributed by atoms with van der Waals surface area (Å²) in [6.07, 6.45) is 0. The topological polar surface area (TPSA) is 18.5 Å². The molecule has 2 unspecified atom stereocenters. The smallest absolute Gasteiger partial charge is 0.147 e. The van der Waals surface area contributed by atoms with E-state index in [1.165, 1.54) is 0 Å². The molecule has 1 rings (SSSR count). The van der Waals surface area contributed by atoms with Gasteiger partial charge in [-0.15, -0.1) is 0 Å². The molecule has 1 fully saturated rings. The Morgan fingerprint density at radius 2 is 1.92 bits per heavy atom. The van der Waals surface area contributed by atoms with Crippen LogP contribution in [0, 0.1) is 11.3 Å². The SMILES string of the molecule is CC1COCOC1(C)C(C)(C)C. The van der Waals surface area contributed by atoms with E-state index in [1.54, 1.807) is 0 Å². The van der Waals surface area contributed by atoms with Crippen LogP contribution in [0.4, 0.5) is 0 Å². The van der Waals surface area contributed by atoms with Crippen molar-refractivity contribution in [3.8, 4) is 0 Å². The molecule has 2 heteroatoms. The number of rotatable bonds is 0. The Balaban J connectivity index is 2.79. The molecule has 0 saturated carbocycles. The van der Waals surface area contributed by atoms with Crippen LogP contribution in [-0.4, -0.2) is 19.0 Å². The van der Waals surface area contributed by atoms with Crippen LogP contribution in [0.1, 0.15) is 34.6 Å². The average Bonchev–Trinajstić information content (AvgIpc) is 1.93. The summed E-state index contributed by atoms with van der Waals surface area (Å²) in [7, 11) is 0. The van der Waals surface area contributed by atoms with E-state index >= 15 is 0 Å². The van der Waals surface area contributed by atoms with E-state index in [2.05, 4.69) is 34.6 Å². The minimum absolute atomic E-state index is 0.0503. The molecule has 72 valence electrons. The van der Waals surface area contributed by atoms with E-state index in [1.807, 2.05) is 0 Å². The van der Waals surface area contributed by atoms with Crippen molar-refractivity contribution in [2.24, 2.45) is 11.3 Å². The molecule has 12 heavy (non-hydrogen) atoms. The van der Waals surface area contributed by atoms with Crippen molar-refractivity contribution in [1.82, 2.24) is 0 Å². The number of hydrogen-bond acceptors (Lipinski definition) is 2. The van der Waals surface area contributed by atoms with Gasteiger partial charge in [0.15, 0.2) is 0 Å². The molecule has 0 aromatic carbocycles. The van der Waals surface area contributed by atoms with Crippen LogP contribution >= 0.6 is 0 Å². The predicted octanol–water partition coefficient (Wildman–Crippen LogP) is 2.43. The third-order valence-corrected chi connectivity index (χ3v) is 3.24. The van der Waals surface area contributed by atoms with Gasteiger partial charge in [-0.25, -0.2) is 0 Å². The lowest BCUT2D eigenvalue weighted by Crippen LogP contribution is -2.52. The first-order chi connectivity index (χ1) is 5.38. The zero-order chi connectivity index (χ0) is 9.41. The third-order valence-electron chi connectivity index (χ3n) is 3.24. The molecule has 1 heterocycles. The van der Waals surface area contributed by atoms with Crippen LogP contribution in [-0.2, 0) is 9.47 Å². The quantitative estimate of drug-likeness (QED) is 0.558. The van der Waals surface area contributed by atoms with Crippen LogP contribution in [0.3, 0.4) is 0 Å². The first kappa shape index (κ1) is 10.0. The highest BCUT2D eigenvalue weighted by Gasteiger charge is 2.45. The average molecular weight is 172 g/mol. The van der Waals surface area contributed by atoms with Crippen molar-refractivity contribution in [2.75, 3.05) is 13.4 Å². The van der Waals surface area contributed by atoms with Crippen LogP contribution in [0.15, 0.2) is 0 Å². The second-order valence-electron chi connectivity index (χ2n) is 4.89. The van der Waals surface area contributed by atoms with Gasteiger partial charge in [0.2, 0.25) is 0 Å². The Hall–Kier alpha value is -0.0800. The van der Waals surface area contributed by atoms with E-state index < -0.39 is 0 Å². The summed E-state index contributed by atoms with van der Waals surface area (Å²) in [5.74, 6) is 0.464. The van der Waals surface area contributed by atoms with E-state index in [4.69, 9.17) is 9.47 Å². The lowest BCUT2D eigenvalue weighted by Gasteiger charge is -2.48. The van der Waals surface area contributed by atoms with E-state index in [0.717, 1.165) is 6.61 Å². The molecular weight excluding hydrogens is 152 g/mol. The molecule has 0 aliphatic carbocycles. The van der Waals surface area contributed by atoms with E-state index in [9.17, 15) is 0 Å². The maximum atomic E-state index is 5.72. The first-order valence-electron chi connectivity index (χ1n) is 4.59. The van der Waals surface area contributed by atoms with Gasteiger partial charge in [-0.2, -0.15) is 0 Å². The summed E-state index contributed by atoms with van der Waals surface area (Å²) in [5, 5.41) is 0. The Morgan fingerprint density at radius 3 is 2.25 bits per heavy atom. The highest BCUT2D eigenvalue weighted by atomic mass is 16.7. The van der Waals surface area contributed by atoms with E-state index in [0.29, 0.717) is 12.7 Å². The minimum atomic E-state index is -0.0503. The summed E-state index contributed by atoms with van der Waals surface area (Å²) in [6.45, 7) is 12.3. The molecular formula is C10H20O2. The van der Waals surface area contributed by atoms with Crippen LogP contribution in [0.5, 0.6) is 0 Å². The fourth-order valence-corrected chi connectivity index (χ4v) is 1.65. The summed E-state index contributed by atoms with van der Waals surface area (Å²) >= 11 is 0. The maximum Gasteiger partial charge on any atom is 0.147 e. The monoisotopic (exact) mass is 172 g/mol. The van der Waals surface area contributed by atoms with Crippen LogP contribution in [0.25, 0.3) is 0 Å². The standard InChI is InChI=1S/C10H20O2/c1-8-6-11-7-12-10(8,5)9(2,3)4/h8H,6-7H2,1-5H3. The van der Waals surface area contributed by atoms with Gasteiger partial charge in [0.25, 0.3) is 0 Å². The molecule has 0 radical (unpaired) electrons. The Bertz CT molecular complexity index is 160. The molecule has 0 N–H and O–H groups in total. The van der Waals surface area contributed by atoms with Gasteiger partial charge in [0, 0.05) is 5.92 Å². The molecule has 1 aliphatic rings. The van der Waals surface area contributed by atoms with Gasteiger partial charge in [-0.1, -0.05) is 27.7 Å². The van der Waals surface area contributed by atoms with Gasteiger partial charge in [0.05, 0.1) is 12.2 Å². The fourth-order valence-electron chi connectivity index (χ4n) is 1.65. The summed E-state index contributed by atoms with van der Waals surface area (Å²) in [5.41, 5.74) is 0.126. The Morgan fingerprint density at radius 1 is 1.33 bits per heavy atom. The van der Waals surface area contributed by atoms with Crippen LogP contribution < -0.4 is 0 Å². The van der Waals surface area contributed by atoms with Gasteiger partial charge >= 0.3 is 0 Å². The third kappa shape index (κ3) is 1.50. The molecule has 0 spiro atoms. The lowest BCUT2D eigenvalue weighted by atomic mass is 9.70. The van der Waals surface area contributed by atoms with Crippen molar-refractivity contribution in [1.29, 1.82) is 0 Å². The lowest BCUT2D eigenvalue weighted by molar-refractivity contribution is -0.250. The van der Waals surface area contributed by atoms with Crippen molar-refractivity contribution in [3.63, 3.8) is 0 Å². The second kappa shape index (κ2) is 3.00. The normalized spacial score (nSPS) is 38.2. The zero-order valence-electron chi connectivity index (χ0n) is 8.81. The first-order valence-corrected chi connectivity index (χ1v) is 4.59. The van der Waals surface area contributed by atoms with Crippen LogP contribution in [0.2, 0.25) is 0 Å². The van der Waals surface area contributed by atoms with Crippen molar-refractivity contribution in [2.45, 2.75) is 40.2 Å². The molecule has 1 saturated heterocycles.